The Bertz CT molecular complexity index is 714. The van der Waals surface area contributed by atoms with Gasteiger partial charge in [0.1, 0.15) is 18.2 Å². The lowest BCUT2D eigenvalue weighted by molar-refractivity contribution is -0.385. The Labute approximate surface area is 131 Å². The second-order valence-electron chi connectivity index (χ2n) is 5.80. The third-order valence-corrected chi connectivity index (χ3v) is 4.03. The second kappa shape index (κ2) is 6.05. The number of rotatable bonds is 7. The minimum Gasteiger partial charge on any atom is -0.390 e. The summed E-state index contributed by atoms with van der Waals surface area (Å²) in [6, 6.07) is 6.44. The molecule has 2 aromatic rings. The molecule has 0 spiro atoms. The Morgan fingerprint density at radius 3 is 2.91 bits per heavy atom. The molecule has 0 radical (unpaired) electrons. The molecule has 122 valence electrons. The number of benzene rings is 1. The van der Waals surface area contributed by atoms with Crippen LogP contribution in [0.15, 0.2) is 36.7 Å². The summed E-state index contributed by atoms with van der Waals surface area (Å²) in [7, 11) is 0. The van der Waals surface area contributed by atoms with Gasteiger partial charge in [-0.1, -0.05) is 12.1 Å². The molecule has 0 amide bonds. The summed E-state index contributed by atoms with van der Waals surface area (Å²) >= 11 is 0. The van der Waals surface area contributed by atoms with Crippen LogP contribution in [0.4, 0.5) is 10.1 Å². The lowest BCUT2D eigenvalue weighted by Gasteiger charge is -2.20. The monoisotopic (exact) mass is 320 g/mol. The van der Waals surface area contributed by atoms with Crippen molar-refractivity contribution in [2.45, 2.75) is 31.0 Å². The number of hydrogen-bond donors (Lipinski definition) is 2. The van der Waals surface area contributed by atoms with Crippen molar-refractivity contribution in [2.75, 3.05) is 6.54 Å². The topological polar surface area (TPSA) is 93.2 Å². The van der Waals surface area contributed by atoms with Gasteiger partial charge >= 0.3 is 5.69 Å². The van der Waals surface area contributed by atoms with E-state index in [0.29, 0.717) is 6.54 Å². The molecule has 1 aliphatic rings. The lowest BCUT2D eigenvalue weighted by atomic mass is 10.0. The van der Waals surface area contributed by atoms with Gasteiger partial charge in [-0.05, 0) is 30.5 Å². The van der Waals surface area contributed by atoms with Gasteiger partial charge in [0.2, 0.25) is 0 Å². The van der Waals surface area contributed by atoms with Crippen molar-refractivity contribution in [2.24, 2.45) is 0 Å². The van der Waals surface area contributed by atoms with Crippen molar-refractivity contribution in [3.8, 4) is 0 Å². The van der Waals surface area contributed by atoms with Crippen LogP contribution >= 0.6 is 0 Å². The van der Waals surface area contributed by atoms with Crippen molar-refractivity contribution < 1.29 is 14.4 Å². The van der Waals surface area contributed by atoms with Crippen molar-refractivity contribution in [1.29, 1.82) is 0 Å². The molecule has 23 heavy (non-hydrogen) atoms. The summed E-state index contributed by atoms with van der Waals surface area (Å²) in [4.78, 5) is 10.1. The largest absolute Gasteiger partial charge is 0.390 e. The van der Waals surface area contributed by atoms with E-state index in [1.807, 2.05) is 6.07 Å². The van der Waals surface area contributed by atoms with Gasteiger partial charge in [0.05, 0.1) is 17.6 Å². The first-order valence-corrected chi connectivity index (χ1v) is 7.34. The van der Waals surface area contributed by atoms with Gasteiger partial charge in [0.25, 0.3) is 0 Å². The standard InChI is InChI=1S/C15H17FN4O3/c16-12-3-1-2-11(6-12)15(4-5-15)17-8-14(21)10-19-9-13(7-18-19)20(22)23/h1-3,6-7,9,14,17,21H,4-5,8,10H2. The fraction of sp³-hybridized carbons (Fsp3) is 0.400. The minimum absolute atomic E-state index is 0.108. The Kier molecular flexibility index (Phi) is 4.10. The van der Waals surface area contributed by atoms with E-state index in [0.717, 1.165) is 24.6 Å². The van der Waals surface area contributed by atoms with Gasteiger partial charge < -0.3 is 10.4 Å². The summed E-state index contributed by atoms with van der Waals surface area (Å²) < 4.78 is 14.7. The number of hydrogen-bond acceptors (Lipinski definition) is 5. The van der Waals surface area contributed by atoms with Crippen molar-refractivity contribution in [3.63, 3.8) is 0 Å². The lowest BCUT2D eigenvalue weighted by Crippen LogP contribution is -2.37. The Morgan fingerprint density at radius 1 is 1.52 bits per heavy atom. The van der Waals surface area contributed by atoms with E-state index < -0.39 is 11.0 Å². The summed E-state index contributed by atoms with van der Waals surface area (Å²) in [6.07, 6.45) is 3.45. The van der Waals surface area contributed by atoms with Crippen LogP contribution in [0.1, 0.15) is 18.4 Å². The maximum atomic E-state index is 13.3. The van der Waals surface area contributed by atoms with E-state index in [1.165, 1.54) is 23.0 Å². The zero-order chi connectivity index (χ0) is 16.4. The van der Waals surface area contributed by atoms with Crippen LogP contribution in [-0.2, 0) is 12.1 Å². The molecule has 1 atom stereocenters. The average molecular weight is 320 g/mol. The first-order chi connectivity index (χ1) is 11.0. The molecule has 0 bridgehead atoms. The molecular formula is C15H17FN4O3. The highest BCUT2D eigenvalue weighted by Crippen LogP contribution is 2.45. The molecule has 1 aromatic carbocycles. The van der Waals surface area contributed by atoms with E-state index in [9.17, 15) is 19.6 Å². The third kappa shape index (κ3) is 3.54. The average Bonchev–Trinajstić information content (AvgIpc) is 3.17. The quantitative estimate of drug-likeness (QED) is 0.596. The highest BCUT2D eigenvalue weighted by molar-refractivity contribution is 5.30. The molecule has 8 heteroatoms. The number of halogens is 1. The number of nitro groups is 1. The zero-order valence-electron chi connectivity index (χ0n) is 12.4. The maximum absolute atomic E-state index is 13.3. The van der Waals surface area contributed by atoms with Gasteiger partial charge in [-0.3, -0.25) is 14.8 Å². The van der Waals surface area contributed by atoms with Gasteiger partial charge in [-0.2, -0.15) is 5.10 Å². The molecule has 1 saturated carbocycles. The number of nitrogens with zero attached hydrogens (tertiary/aromatic N) is 3. The van der Waals surface area contributed by atoms with Crippen molar-refractivity contribution in [3.05, 3.63) is 58.2 Å². The van der Waals surface area contributed by atoms with Crippen LogP contribution in [0.5, 0.6) is 0 Å². The van der Waals surface area contributed by atoms with Crippen LogP contribution in [-0.4, -0.2) is 32.5 Å². The predicted octanol–water partition coefficient (Wildman–Crippen LogP) is 1.57. The Hall–Kier alpha value is -2.32. The fourth-order valence-corrected chi connectivity index (χ4v) is 2.62. The first kappa shape index (κ1) is 15.6. The summed E-state index contributed by atoms with van der Waals surface area (Å²) in [5, 5.41) is 27.8. The molecule has 2 N–H and O–H groups in total. The van der Waals surface area contributed by atoms with Crippen molar-refractivity contribution >= 4 is 5.69 Å². The molecule has 1 aromatic heterocycles. The van der Waals surface area contributed by atoms with E-state index >= 15 is 0 Å². The predicted molar refractivity (Wildman–Crippen MR) is 80.2 cm³/mol. The van der Waals surface area contributed by atoms with E-state index in [2.05, 4.69) is 10.4 Å². The van der Waals surface area contributed by atoms with E-state index in [1.54, 1.807) is 6.07 Å². The number of aromatic nitrogens is 2. The molecule has 1 unspecified atom stereocenters. The molecule has 3 rings (SSSR count). The minimum atomic E-state index is -0.750. The van der Waals surface area contributed by atoms with Crippen LogP contribution in [0.3, 0.4) is 0 Å². The zero-order valence-corrected chi connectivity index (χ0v) is 12.4. The highest BCUT2D eigenvalue weighted by Gasteiger charge is 2.44. The molecular weight excluding hydrogens is 303 g/mol. The van der Waals surface area contributed by atoms with Gasteiger partial charge in [0, 0.05) is 12.1 Å². The highest BCUT2D eigenvalue weighted by atomic mass is 19.1. The molecule has 1 aliphatic carbocycles. The number of aliphatic hydroxyl groups excluding tert-OH is 1. The maximum Gasteiger partial charge on any atom is 0.306 e. The Morgan fingerprint density at radius 2 is 2.30 bits per heavy atom. The summed E-state index contributed by atoms with van der Waals surface area (Å²) in [6.45, 7) is 0.449. The fourth-order valence-electron chi connectivity index (χ4n) is 2.62. The van der Waals surface area contributed by atoms with Crippen LogP contribution in [0.2, 0.25) is 0 Å². The van der Waals surface area contributed by atoms with Crippen LogP contribution in [0, 0.1) is 15.9 Å². The van der Waals surface area contributed by atoms with E-state index in [4.69, 9.17) is 0 Å². The van der Waals surface area contributed by atoms with Gasteiger partial charge in [0.15, 0.2) is 0 Å². The SMILES string of the molecule is O=[N+]([O-])c1cnn(CC(O)CNC2(c3cccc(F)c3)CC2)c1. The van der Waals surface area contributed by atoms with Gasteiger partial charge in [-0.25, -0.2) is 4.39 Å². The molecule has 1 heterocycles. The number of aliphatic hydroxyl groups is 1. The second-order valence-corrected chi connectivity index (χ2v) is 5.80. The summed E-state index contributed by atoms with van der Waals surface area (Å²) in [5.74, 6) is -0.278. The smallest absolute Gasteiger partial charge is 0.306 e. The third-order valence-electron chi connectivity index (χ3n) is 4.03. The molecule has 0 aliphatic heterocycles. The molecule has 0 saturated heterocycles. The normalized spacial score (nSPS) is 17.0. The molecule has 7 nitrogen and oxygen atoms in total. The molecule has 1 fully saturated rings. The Balaban J connectivity index is 1.56. The van der Waals surface area contributed by atoms with Crippen molar-refractivity contribution in [1.82, 2.24) is 15.1 Å². The van der Waals surface area contributed by atoms with Crippen LogP contribution < -0.4 is 5.32 Å². The number of nitrogens with one attached hydrogen (secondary N) is 1. The first-order valence-electron chi connectivity index (χ1n) is 7.34. The van der Waals surface area contributed by atoms with Gasteiger partial charge in [-0.15, -0.1) is 0 Å². The van der Waals surface area contributed by atoms with Crippen LogP contribution in [0.25, 0.3) is 0 Å². The summed E-state index contributed by atoms with van der Waals surface area (Å²) in [5.41, 5.74) is 0.488. The van der Waals surface area contributed by atoms with E-state index in [-0.39, 0.29) is 23.6 Å².